The van der Waals surface area contributed by atoms with Gasteiger partial charge in [-0.25, -0.2) is 13.8 Å². The lowest BCUT2D eigenvalue weighted by Crippen LogP contribution is -2.27. The molecule has 0 saturated heterocycles. The molecule has 2 aromatic carbocycles. The summed E-state index contributed by atoms with van der Waals surface area (Å²) in [5.41, 5.74) is 0.859. The average molecular weight is 371 g/mol. The molecular weight excluding hydrogens is 356 g/mol. The number of amides is 1. The Balaban J connectivity index is 1.72. The van der Waals surface area contributed by atoms with Crippen LogP contribution in [0.5, 0.6) is 5.75 Å². The van der Waals surface area contributed by atoms with Crippen LogP contribution in [0, 0.1) is 11.6 Å². The maximum absolute atomic E-state index is 13.2. The molecule has 0 unspecified atom stereocenters. The lowest BCUT2D eigenvalue weighted by molar-refractivity contribution is -0.116. The number of anilines is 1. The highest BCUT2D eigenvalue weighted by Crippen LogP contribution is 2.19. The fourth-order valence-corrected chi connectivity index (χ4v) is 2.39. The second-order valence-electron chi connectivity index (χ2n) is 5.65. The minimum Gasteiger partial charge on any atom is -0.497 e. The molecule has 0 aliphatic heterocycles. The highest BCUT2D eigenvalue weighted by molar-refractivity contribution is 5.90. The highest BCUT2D eigenvalue weighted by Gasteiger charge is 2.09. The summed E-state index contributed by atoms with van der Waals surface area (Å²) in [5, 5.41) is 2.40. The van der Waals surface area contributed by atoms with Gasteiger partial charge in [-0.1, -0.05) is 0 Å². The van der Waals surface area contributed by atoms with Crippen LogP contribution in [0.2, 0.25) is 0 Å². The van der Waals surface area contributed by atoms with Gasteiger partial charge in [0.2, 0.25) is 5.91 Å². The smallest absolute Gasteiger partial charge is 0.254 e. The predicted molar refractivity (Wildman–Crippen MR) is 95.5 cm³/mol. The van der Waals surface area contributed by atoms with Crippen molar-refractivity contribution in [1.29, 1.82) is 0 Å². The van der Waals surface area contributed by atoms with Crippen molar-refractivity contribution in [3.63, 3.8) is 0 Å². The van der Waals surface area contributed by atoms with Gasteiger partial charge < -0.3 is 10.1 Å². The van der Waals surface area contributed by atoms with Gasteiger partial charge in [0.15, 0.2) is 11.6 Å². The summed E-state index contributed by atoms with van der Waals surface area (Å²) in [6.07, 6.45) is 1.26. The molecular formula is C19H15F2N3O3. The largest absolute Gasteiger partial charge is 0.497 e. The van der Waals surface area contributed by atoms with Crippen molar-refractivity contribution in [2.75, 3.05) is 12.4 Å². The summed E-state index contributed by atoms with van der Waals surface area (Å²) in [6.45, 7) is -0.312. The van der Waals surface area contributed by atoms with E-state index in [2.05, 4.69) is 10.3 Å². The lowest BCUT2D eigenvalue weighted by atomic mass is 10.1. The van der Waals surface area contributed by atoms with Crippen molar-refractivity contribution in [2.45, 2.75) is 6.54 Å². The van der Waals surface area contributed by atoms with Gasteiger partial charge in [0.05, 0.1) is 19.1 Å². The van der Waals surface area contributed by atoms with Crippen LogP contribution < -0.4 is 15.6 Å². The Morgan fingerprint density at radius 2 is 1.85 bits per heavy atom. The zero-order chi connectivity index (χ0) is 19.4. The first kappa shape index (κ1) is 18.2. The van der Waals surface area contributed by atoms with E-state index in [1.54, 1.807) is 31.4 Å². The van der Waals surface area contributed by atoms with E-state index < -0.39 is 23.1 Å². The van der Waals surface area contributed by atoms with E-state index in [1.807, 2.05) is 0 Å². The van der Waals surface area contributed by atoms with Crippen LogP contribution in [0.3, 0.4) is 0 Å². The van der Waals surface area contributed by atoms with E-state index in [0.29, 0.717) is 11.4 Å². The zero-order valence-electron chi connectivity index (χ0n) is 14.3. The van der Waals surface area contributed by atoms with Crippen molar-refractivity contribution in [3.05, 3.63) is 76.8 Å². The van der Waals surface area contributed by atoms with E-state index in [0.717, 1.165) is 22.3 Å². The van der Waals surface area contributed by atoms with Gasteiger partial charge >= 0.3 is 0 Å². The van der Waals surface area contributed by atoms with Crippen LogP contribution >= 0.6 is 0 Å². The molecule has 1 heterocycles. The Morgan fingerprint density at radius 1 is 1.11 bits per heavy atom. The Kier molecular flexibility index (Phi) is 5.25. The number of halogens is 2. The number of methoxy groups -OCH3 is 1. The second-order valence-corrected chi connectivity index (χ2v) is 5.65. The molecule has 6 nitrogen and oxygen atoms in total. The molecule has 27 heavy (non-hydrogen) atoms. The number of nitrogens with zero attached hydrogens (tertiary/aromatic N) is 2. The molecule has 3 aromatic rings. The number of hydrogen-bond donors (Lipinski definition) is 1. The summed E-state index contributed by atoms with van der Waals surface area (Å²) in [5.74, 6) is -1.97. The average Bonchev–Trinajstić information content (AvgIpc) is 2.66. The van der Waals surface area contributed by atoms with Crippen LogP contribution in [0.1, 0.15) is 0 Å². The maximum atomic E-state index is 13.2. The number of nitrogens with one attached hydrogen (secondary N) is 1. The Labute approximate surface area is 153 Å². The van der Waals surface area contributed by atoms with Crippen molar-refractivity contribution >= 4 is 11.6 Å². The Hall–Kier alpha value is -3.55. The van der Waals surface area contributed by atoms with Gasteiger partial charge in [-0.2, -0.15) is 0 Å². The van der Waals surface area contributed by atoms with E-state index in [-0.39, 0.29) is 12.2 Å². The Morgan fingerprint density at radius 3 is 2.48 bits per heavy atom. The van der Waals surface area contributed by atoms with Gasteiger partial charge in [-0.3, -0.25) is 14.2 Å². The highest BCUT2D eigenvalue weighted by atomic mass is 19.2. The molecule has 138 valence electrons. The van der Waals surface area contributed by atoms with Crippen LogP contribution in [-0.2, 0) is 11.3 Å². The first-order chi connectivity index (χ1) is 13.0. The summed E-state index contributed by atoms with van der Waals surface area (Å²) in [7, 11) is 1.56. The van der Waals surface area contributed by atoms with Crippen molar-refractivity contribution in [2.24, 2.45) is 0 Å². The van der Waals surface area contributed by atoms with Crippen molar-refractivity contribution in [3.8, 4) is 17.0 Å². The van der Waals surface area contributed by atoms with Gasteiger partial charge in [0, 0.05) is 23.4 Å². The number of rotatable bonds is 5. The fraction of sp³-hybridized carbons (Fsp3) is 0.105. The number of benzene rings is 2. The minimum absolute atomic E-state index is 0.0924. The standard InChI is InChI=1S/C19H15F2N3O3/c1-27-14-5-2-12(3-6-14)17-9-19(26)24(11-22-17)10-18(25)23-13-4-7-15(20)16(21)8-13/h2-9,11H,10H2,1H3,(H,23,25). The number of aromatic nitrogens is 2. The molecule has 0 radical (unpaired) electrons. The topological polar surface area (TPSA) is 73.2 Å². The molecule has 3 rings (SSSR count). The van der Waals surface area contributed by atoms with E-state index in [9.17, 15) is 18.4 Å². The number of hydrogen-bond acceptors (Lipinski definition) is 4. The third-order valence-corrected chi connectivity index (χ3v) is 3.78. The normalized spacial score (nSPS) is 10.5. The van der Waals surface area contributed by atoms with Gasteiger partial charge in [-0.05, 0) is 36.4 Å². The lowest BCUT2D eigenvalue weighted by Gasteiger charge is -2.08. The first-order valence-electron chi connectivity index (χ1n) is 7.92. The molecule has 0 bridgehead atoms. The van der Waals surface area contributed by atoms with Gasteiger partial charge in [-0.15, -0.1) is 0 Å². The summed E-state index contributed by atoms with van der Waals surface area (Å²) >= 11 is 0. The molecule has 0 spiro atoms. The van der Waals surface area contributed by atoms with Crippen LogP contribution in [0.25, 0.3) is 11.3 Å². The summed E-state index contributed by atoms with van der Waals surface area (Å²) in [4.78, 5) is 28.4. The number of ether oxygens (including phenoxy) is 1. The third kappa shape index (κ3) is 4.35. The maximum Gasteiger partial charge on any atom is 0.254 e. The summed E-state index contributed by atoms with van der Waals surface area (Å²) < 4.78 is 32.3. The molecule has 0 atom stereocenters. The predicted octanol–water partition coefficient (Wildman–Crippen LogP) is 2.84. The van der Waals surface area contributed by atoms with Crippen molar-refractivity contribution in [1.82, 2.24) is 9.55 Å². The molecule has 0 fully saturated rings. The minimum atomic E-state index is -1.07. The van der Waals surface area contributed by atoms with Crippen molar-refractivity contribution < 1.29 is 18.3 Å². The monoisotopic (exact) mass is 371 g/mol. The summed E-state index contributed by atoms with van der Waals surface area (Å²) in [6, 6.07) is 11.3. The van der Waals surface area contributed by atoms with E-state index in [1.165, 1.54) is 18.5 Å². The third-order valence-electron chi connectivity index (χ3n) is 3.78. The zero-order valence-corrected chi connectivity index (χ0v) is 14.3. The first-order valence-corrected chi connectivity index (χ1v) is 7.92. The van der Waals surface area contributed by atoms with E-state index in [4.69, 9.17) is 4.74 Å². The second kappa shape index (κ2) is 7.77. The fourth-order valence-electron chi connectivity index (χ4n) is 2.39. The van der Waals surface area contributed by atoms with E-state index >= 15 is 0 Å². The van der Waals surface area contributed by atoms with Crippen LogP contribution in [-0.4, -0.2) is 22.6 Å². The molecule has 1 N–H and O–H groups in total. The molecule has 0 saturated carbocycles. The van der Waals surface area contributed by atoms with Crippen LogP contribution in [0.4, 0.5) is 14.5 Å². The molecule has 1 amide bonds. The SMILES string of the molecule is COc1ccc(-c2cc(=O)n(CC(=O)Nc3ccc(F)c(F)c3)cn2)cc1. The molecule has 8 heteroatoms. The quantitative estimate of drug-likeness (QED) is 0.749. The Bertz CT molecular complexity index is 1030. The number of carbonyl (C=O) groups excluding carboxylic acids is 1. The number of carbonyl (C=O) groups is 1. The molecule has 0 aliphatic rings. The molecule has 1 aromatic heterocycles. The van der Waals surface area contributed by atoms with Gasteiger partial charge in [0.1, 0.15) is 12.3 Å². The molecule has 0 aliphatic carbocycles. The van der Waals surface area contributed by atoms with Gasteiger partial charge in [0.25, 0.3) is 5.56 Å². The van der Waals surface area contributed by atoms with Crippen LogP contribution in [0.15, 0.2) is 59.7 Å².